The number of nitrogens with one attached hydrogen (secondary N) is 1. The molecule has 1 aromatic carbocycles. The molecule has 0 aliphatic carbocycles. The van der Waals surface area contributed by atoms with Gasteiger partial charge in [0.1, 0.15) is 6.33 Å². The summed E-state index contributed by atoms with van der Waals surface area (Å²) in [5.41, 5.74) is -3.36. The first-order valence-corrected chi connectivity index (χ1v) is 10.1. The molecular formula is C20H22F6N6O. The van der Waals surface area contributed by atoms with Gasteiger partial charge in [-0.05, 0) is 24.7 Å². The van der Waals surface area contributed by atoms with Gasteiger partial charge in [-0.15, -0.1) is 5.10 Å². The highest BCUT2D eigenvalue weighted by atomic mass is 19.4. The zero-order valence-electron chi connectivity index (χ0n) is 17.6. The van der Waals surface area contributed by atoms with Crippen molar-refractivity contribution in [3.05, 3.63) is 41.7 Å². The number of amides is 1. The molecule has 0 saturated carbocycles. The van der Waals surface area contributed by atoms with Gasteiger partial charge in [-0.2, -0.15) is 26.3 Å². The van der Waals surface area contributed by atoms with Gasteiger partial charge in [-0.25, -0.2) is 9.67 Å². The van der Waals surface area contributed by atoms with Gasteiger partial charge < -0.3 is 10.2 Å². The minimum Gasteiger partial charge on any atom is -0.340 e. The van der Waals surface area contributed by atoms with Crippen LogP contribution in [0, 0.1) is 0 Å². The zero-order valence-corrected chi connectivity index (χ0v) is 17.6. The fourth-order valence-corrected chi connectivity index (χ4v) is 3.22. The van der Waals surface area contributed by atoms with Crippen molar-refractivity contribution < 1.29 is 31.1 Å². The van der Waals surface area contributed by atoms with Crippen molar-refractivity contribution in [3.8, 4) is 11.4 Å². The minimum atomic E-state index is -4.97. The van der Waals surface area contributed by atoms with Crippen LogP contribution in [0.15, 0.2) is 30.6 Å². The van der Waals surface area contributed by atoms with Gasteiger partial charge in [0.05, 0.1) is 17.8 Å². The Balaban J connectivity index is 1.66. The van der Waals surface area contributed by atoms with Crippen LogP contribution >= 0.6 is 0 Å². The highest BCUT2D eigenvalue weighted by molar-refractivity contribution is 5.89. The van der Waals surface area contributed by atoms with Crippen LogP contribution < -0.4 is 5.32 Å². The molecule has 0 spiro atoms. The Morgan fingerprint density at radius 3 is 2.12 bits per heavy atom. The molecular weight excluding hydrogens is 454 g/mol. The van der Waals surface area contributed by atoms with Gasteiger partial charge in [-0.1, -0.05) is 6.92 Å². The van der Waals surface area contributed by atoms with E-state index in [-0.39, 0.29) is 11.9 Å². The maximum Gasteiger partial charge on any atom is 0.416 e. The summed E-state index contributed by atoms with van der Waals surface area (Å²) < 4.78 is 79.2. The van der Waals surface area contributed by atoms with Crippen molar-refractivity contribution in [2.45, 2.75) is 19.3 Å². The summed E-state index contributed by atoms with van der Waals surface area (Å²) in [7, 11) is 0. The molecule has 13 heteroatoms. The molecule has 0 bridgehead atoms. The summed E-state index contributed by atoms with van der Waals surface area (Å²) in [6, 6.07) is 1.13. The van der Waals surface area contributed by atoms with Crippen molar-refractivity contribution in [3.63, 3.8) is 0 Å². The summed E-state index contributed by atoms with van der Waals surface area (Å²) in [4.78, 5) is 20.2. The third-order valence-corrected chi connectivity index (χ3v) is 5.12. The Bertz CT molecular complexity index is 959. The first kappa shape index (κ1) is 24.7. The molecule has 180 valence electrons. The number of alkyl halides is 6. The number of piperazine rings is 1. The van der Waals surface area contributed by atoms with E-state index in [1.54, 1.807) is 0 Å². The van der Waals surface area contributed by atoms with E-state index in [1.165, 1.54) is 6.20 Å². The van der Waals surface area contributed by atoms with Crippen molar-refractivity contribution in [1.29, 1.82) is 0 Å². The smallest absolute Gasteiger partial charge is 0.340 e. The fraction of sp³-hybridized carbons (Fsp3) is 0.450. The van der Waals surface area contributed by atoms with Crippen LogP contribution in [0.5, 0.6) is 0 Å². The Kier molecular flexibility index (Phi) is 7.42. The summed E-state index contributed by atoms with van der Waals surface area (Å²) in [5, 5.41) is 6.57. The third-order valence-electron chi connectivity index (χ3n) is 5.12. The maximum absolute atomic E-state index is 13.0. The molecule has 3 rings (SSSR count). The zero-order chi connectivity index (χ0) is 24.2. The highest BCUT2D eigenvalue weighted by Crippen LogP contribution is 2.38. The number of rotatable bonds is 6. The lowest BCUT2D eigenvalue weighted by Crippen LogP contribution is -2.49. The van der Waals surface area contributed by atoms with E-state index in [0.29, 0.717) is 18.8 Å². The van der Waals surface area contributed by atoms with E-state index >= 15 is 0 Å². The molecule has 1 saturated heterocycles. The number of carbonyl (C=O) groups is 1. The highest BCUT2D eigenvalue weighted by Gasteiger charge is 2.37. The van der Waals surface area contributed by atoms with Gasteiger partial charge in [-0.3, -0.25) is 9.69 Å². The van der Waals surface area contributed by atoms with Gasteiger partial charge >= 0.3 is 12.4 Å². The second-order valence-corrected chi connectivity index (χ2v) is 7.41. The van der Waals surface area contributed by atoms with Gasteiger partial charge in [0.15, 0.2) is 5.82 Å². The lowest BCUT2D eigenvalue weighted by Gasteiger charge is -2.33. The normalized spacial score (nSPS) is 16.5. The van der Waals surface area contributed by atoms with Crippen LogP contribution in [0.4, 0.5) is 26.3 Å². The van der Waals surface area contributed by atoms with E-state index < -0.39 is 35.0 Å². The predicted molar refractivity (Wildman–Crippen MR) is 107 cm³/mol. The number of hydrogen-bond acceptors (Lipinski definition) is 5. The lowest BCUT2D eigenvalue weighted by molar-refractivity contribution is -0.143. The Morgan fingerprint density at radius 1 is 1.00 bits per heavy atom. The molecule has 7 nitrogen and oxygen atoms in total. The molecule has 1 N–H and O–H groups in total. The van der Waals surface area contributed by atoms with E-state index in [0.717, 1.165) is 49.8 Å². The van der Waals surface area contributed by atoms with Crippen LogP contribution in [0.3, 0.4) is 0 Å². The maximum atomic E-state index is 13.0. The monoisotopic (exact) mass is 476 g/mol. The molecule has 1 amide bonds. The second-order valence-electron chi connectivity index (χ2n) is 7.41. The van der Waals surface area contributed by atoms with E-state index in [1.807, 2.05) is 0 Å². The fourth-order valence-electron chi connectivity index (χ4n) is 3.22. The summed E-state index contributed by atoms with van der Waals surface area (Å²) in [6.07, 6.45) is -6.51. The number of carbonyl (C=O) groups excluding carboxylic acids is 1. The Hall–Kier alpha value is -2.93. The molecule has 1 aromatic heterocycles. The van der Waals surface area contributed by atoms with Crippen LogP contribution in [-0.2, 0) is 17.1 Å². The number of hydrogen-bond donors (Lipinski definition) is 1. The quantitative estimate of drug-likeness (QED) is 0.513. The molecule has 33 heavy (non-hydrogen) atoms. The molecule has 0 radical (unpaired) electrons. The molecule has 1 fully saturated rings. The Labute approximate surface area is 185 Å². The van der Waals surface area contributed by atoms with E-state index in [4.69, 9.17) is 0 Å². The third kappa shape index (κ3) is 6.78. The van der Waals surface area contributed by atoms with E-state index in [2.05, 4.69) is 32.1 Å². The molecule has 0 unspecified atom stereocenters. The minimum absolute atomic E-state index is 0.0346. The lowest BCUT2D eigenvalue weighted by atomic mass is 10.0. The van der Waals surface area contributed by atoms with Crippen LogP contribution in [0.1, 0.15) is 18.1 Å². The molecule has 1 aliphatic heterocycles. The van der Waals surface area contributed by atoms with Crippen LogP contribution in [-0.4, -0.2) is 69.9 Å². The predicted octanol–water partition coefficient (Wildman–Crippen LogP) is 3.16. The van der Waals surface area contributed by atoms with Crippen LogP contribution in [0.25, 0.3) is 17.6 Å². The first-order valence-electron chi connectivity index (χ1n) is 10.1. The average molecular weight is 476 g/mol. The number of aromatic nitrogens is 3. The number of nitrogens with zero attached hydrogens (tertiary/aromatic N) is 5. The second kappa shape index (κ2) is 9.91. The van der Waals surface area contributed by atoms with Crippen molar-refractivity contribution in [2.24, 2.45) is 0 Å². The SMILES string of the molecule is CCN1CCN(CNC(=O)/C=C\n2cnc(-c3cc(C(F)(F)F)cc(C(F)(F)F)c3)n2)CC1. The largest absolute Gasteiger partial charge is 0.416 e. The van der Waals surface area contributed by atoms with Crippen molar-refractivity contribution in [1.82, 2.24) is 29.9 Å². The van der Waals surface area contributed by atoms with Gasteiger partial charge in [0, 0.05) is 44.0 Å². The van der Waals surface area contributed by atoms with Crippen LogP contribution in [0.2, 0.25) is 0 Å². The molecule has 0 atom stereocenters. The average Bonchev–Trinajstić information content (AvgIpc) is 3.24. The van der Waals surface area contributed by atoms with Gasteiger partial charge in [0.2, 0.25) is 5.91 Å². The summed E-state index contributed by atoms with van der Waals surface area (Å²) in [5.74, 6) is -0.770. The standard InChI is InChI=1S/C20H22F6N6O/c1-2-30-5-7-31(8-6-30)12-27-17(33)3-4-32-13-28-18(29-32)14-9-15(19(21,22)23)11-16(10-14)20(24,25)26/h3-4,9-11,13H,2,5-8,12H2,1H3,(H,27,33)/b4-3-. The number of likely N-dealkylation sites (N-methyl/N-ethyl adjacent to an activating group) is 1. The Morgan fingerprint density at radius 2 is 1.58 bits per heavy atom. The number of benzene rings is 1. The topological polar surface area (TPSA) is 66.3 Å². The molecule has 1 aliphatic rings. The van der Waals surface area contributed by atoms with Crippen molar-refractivity contribution >= 4 is 12.1 Å². The molecule has 2 aromatic rings. The van der Waals surface area contributed by atoms with Crippen molar-refractivity contribution in [2.75, 3.05) is 39.4 Å². The van der Waals surface area contributed by atoms with Gasteiger partial charge in [0.25, 0.3) is 0 Å². The summed E-state index contributed by atoms with van der Waals surface area (Å²) >= 11 is 0. The first-order chi connectivity index (χ1) is 15.5. The van der Waals surface area contributed by atoms with E-state index in [9.17, 15) is 31.1 Å². The number of halogens is 6. The molecule has 2 heterocycles. The summed E-state index contributed by atoms with van der Waals surface area (Å²) in [6.45, 7) is 6.88.